The number of benzene rings is 1. The second-order valence-electron chi connectivity index (χ2n) is 3.95. The van der Waals surface area contributed by atoms with Crippen molar-refractivity contribution in [2.24, 2.45) is 5.73 Å². The fourth-order valence-corrected chi connectivity index (χ4v) is 2.11. The number of carbonyl (C=O) groups is 1. The highest BCUT2D eigenvalue weighted by Crippen LogP contribution is 2.28. The van der Waals surface area contributed by atoms with Crippen LogP contribution in [-0.4, -0.2) is 23.3 Å². The molecule has 1 rings (SSSR count). The number of alkyl halides is 1. The van der Waals surface area contributed by atoms with Gasteiger partial charge in [0.1, 0.15) is 12.2 Å². The van der Waals surface area contributed by atoms with Crippen molar-refractivity contribution in [2.45, 2.75) is 18.9 Å². The summed E-state index contributed by atoms with van der Waals surface area (Å²) >= 11 is 11.7. The third kappa shape index (κ3) is 3.09. The van der Waals surface area contributed by atoms with Crippen molar-refractivity contribution in [1.29, 1.82) is 0 Å². The molecule has 94 valence electrons. The summed E-state index contributed by atoms with van der Waals surface area (Å²) in [6.07, 6.45) is -0.180. The van der Waals surface area contributed by atoms with E-state index >= 15 is 0 Å². The average Bonchev–Trinajstić information content (AvgIpc) is 2.22. The first kappa shape index (κ1) is 14.2. The van der Waals surface area contributed by atoms with Crippen molar-refractivity contribution < 1.29 is 14.3 Å². The predicted molar refractivity (Wildman–Crippen MR) is 65.4 cm³/mol. The van der Waals surface area contributed by atoms with Crippen LogP contribution in [0, 0.1) is 6.92 Å². The lowest BCUT2D eigenvalue weighted by atomic mass is 9.91. The predicted octanol–water partition coefficient (Wildman–Crippen LogP) is 2.60. The Labute approximate surface area is 108 Å². The molecule has 0 saturated carbocycles. The maximum Gasteiger partial charge on any atom is 0.326 e. The lowest BCUT2D eigenvalue weighted by molar-refractivity contribution is -0.143. The zero-order valence-corrected chi connectivity index (χ0v) is 10.6. The molecular formula is C11H12Cl2FNO2. The molecule has 0 radical (unpaired) electrons. The van der Waals surface area contributed by atoms with Gasteiger partial charge in [0.25, 0.3) is 0 Å². The molecule has 0 bridgehead atoms. The quantitative estimate of drug-likeness (QED) is 0.891. The van der Waals surface area contributed by atoms with Gasteiger partial charge in [-0.25, -0.2) is 4.39 Å². The van der Waals surface area contributed by atoms with Crippen LogP contribution in [0.15, 0.2) is 12.1 Å². The van der Waals surface area contributed by atoms with E-state index in [1.54, 1.807) is 13.0 Å². The number of aliphatic carboxylic acids is 1. The number of aryl methyl sites for hydroxylation is 1. The van der Waals surface area contributed by atoms with Gasteiger partial charge in [-0.05, 0) is 30.2 Å². The summed E-state index contributed by atoms with van der Waals surface area (Å²) in [5, 5.41) is 9.63. The maximum absolute atomic E-state index is 12.7. The fourth-order valence-electron chi connectivity index (χ4n) is 1.45. The minimum atomic E-state index is -1.96. The second-order valence-corrected chi connectivity index (χ2v) is 4.80. The topological polar surface area (TPSA) is 63.3 Å². The first-order valence-corrected chi connectivity index (χ1v) is 5.58. The van der Waals surface area contributed by atoms with E-state index in [2.05, 4.69) is 0 Å². The standard InChI is InChI=1S/C11H12Cl2FNO2/c1-6-2-7(12)3-9(13)8(6)4-11(15,5-14)10(16)17/h2-3H,4-5,15H2,1H3,(H,16,17). The van der Waals surface area contributed by atoms with Crippen LogP contribution in [0.3, 0.4) is 0 Å². The number of carboxylic acids is 1. The maximum atomic E-state index is 12.7. The highest BCUT2D eigenvalue weighted by molar-refractivity contribution is 6.35. The van der Waals surface area contributed by atoms with Crippen molar-refractivity contribution in [3.63, 3.8) is 0 Å². The van der Waals surface area contributed by atoms with Crippen LogP contribution in [-0.2, 0) is 11.2 Å². The zero-order chi connectivity index (χ0) is 13.2. The van der Waals surface area contributed by atoms with E-state index in [1.807, 2.05) is 0 Å². The minimum Gasteiger partial charge on any atom is -0.480 e. The zero-order valence-electron chi connectivity index (χ0n) is 9.14. The molecule has 0 fully saturated rings. The van der Waals surface area contributed by atoms with Gasteiger partial charge in [-0.3, -0.25) is 4.79 Å². The number of hydrogen-bond donors (Lipinski definition) is 2. The molecule has 6 heteroatoms. The van der Waals surface area contributed by atoms with Crippen LogP contribution in [0.5, 0.6) is 0 Å². The molecule has 0 aliphatic heterocycles. The van der Waals surface area contributed by atoms with Crippen LogP contribution in [0.4, 0.5) is 4.39 Å². The number of nitrogens with two attached hydrogens (primary N) is 1. The first-order valence-electron chi connectivity index (χ1n) is 4.83. The number of hydrogen-bond acceptors (Lipinski definition) is 2. The molecular weight excluding hydrogens is 268 g/mol. The molecule has 0 heterocycles. The molecule has 3 N–H and O–H groups in total. The van der Waals surface area contributed by atoms with Gasteiger partial charge < -0.3 is 10.8 Å². The van der Waals surface area contributed by atoms with E-state index < -0.39 is 18.2 Å². The summed E-state index contributed by atoms with van der Waals surface area (Å²) in [5.74, 6) is -1.40. The molecule has 3 nitrogen and oxygen atoms in total. The van der Waals surface area contributed by atoms with Gasteiger partial charge in [-0.15, -0.1) is 0 Å². The normalized spacial score (nSPS) is 14.4. The largest absolute Gasteiger partial charge is 0.480 e. The number of rotatable bonds is 4. The molecule has 17 heavy (non-hydrogen) atoms. The van der Waals surface area contributed by atoms with Gasteiger partial charge in [-0.1, -0.05) is 23.2 Å². The molecule has 0 aliphatic rings. The lowest BCUT2D eigenvalue weighted by Gasteiger charge is -2.22. The lowest BCUT2D eigenvalue weighted by Crippen LogP contribution is -2.52. The van der Waals surface area contributed by atoms with Crippen molar-refractivity contribution >= 4 is 29.2 Å². The monoisotopic (exact) mass is 279 g/mol. The van der Waals surface area contributed by atoms with Crippen molar-refractivity contribution in [3.05, 3.63) is 33.3 Å². The van der Waals surface area contributed by atoms with Crippen LogP contribution in [0.1, 0.15) is 11.1 Å². The summed E-state index contributed by atoms with van der Waals surface area (Å²) in [7, 11) is 0. The van der Waals surface area contributed by atoms with E-state index in [0.717, 1.165) is 0 Å². The minimum absolute atomic E-state index is 0.180. The Morgan fingerprint density at radius 2 is 2.12 bits per heavy atom. The molecule has 0 amide bonds. The molecule has 1 aromatic rings. The molecule has 1 atom stereocenters. The molecule has 0 spiro atoms. The Morgan fingerprint density at radius 3 is 2.53 bits per heavy atom. The summed E-state index contributed by atoms with van der Waals surface area (Å²) in [5.41, 5.74) is 4.71. The summed E-state index contributed by atoms with van der Waals surface area (Å²) < 4.78 is 12.7. The number of carboxylic acid groups (broad SMARTS) is 1. The Bertz CT molecular complexity index is 430. The molecule has 1 unspecified atom stereocenters. The van der Waals surface area contributed by atoms with Gasteiger partial charge in [-0.2, -0.15) is 0 Å². The third-order valence-electron chi connectivity index (χ3n) is 2.54. The average molecular weight is 280 g/mol. The highest BCUT2D eigenvalue weighted by Gasteiger charge is 2.35. The van der Waals surface area contributed by atoms with Crippen LogP contribution in [0.25, 0.3) is 0 Å². The van der Waals surface area contributed by atoms with E-state index in [-0.39, 0.29) is 6.42 Å². The molecule has 0 saturated heterocycles. The Kier molecular flexibility index (Phi) is 4.36. The van der Waals surface area contributed by atoms with Crippen LogP contribution in [0.2, 0.25) is 10.0 Å². The van der Waals surface area contributed by atoms with E-state index in [9.17, 15) is 9.18 Å². The summed E-state index contributed by atoms with van der Waals surface area (Å²) in [6, 6.07) is 3.11. The molecule has 1 aromatic carbocycles. The van der Waals surface area contributed by atoms with E-state index in [1.165, 1.54) is 6.07 Å². The smallest absolute Gasteiger partial charge is 0.326 e. The van der Waals surface area contributed by atoms with E-state index in [0.29, 0.717) is 21.2 Å². The summed E-state index contributed by atoms with van der Waals surface area (Å²) in [6.45, 7) is 0.550. The van der Waals surface area contributed by atoms with E-state index in [4.69, 9.17) is 34.0 Å². The Balaban J connectivity index is 3.15. The highest BCUT2D eigenvalue weighted by atomic mass is 35.5. The van der Waals surface area contributed by atoms with Crippen LogP contribution < -0.4 is 5.73 Å². The van der Waals surface area contributed by atoms with Gasteiger partial charge >= 0.3 is 5.97 Å². The first-order chi connectivity index (χ1) is 7.80. The fraction of sp³-hybridized carbons (Fsp3) is 0.364. The third-order valence-corrected chi connectivity index (χ3v) is 3.10. The SMILES string of the molecule is Cc1cc(Cl)cc(Cl)c1CC(N)(CF)C(=O)O. The van der Waals surface area contributed by atoms with Crippen molar-refractivity contribution in [3.8, 4) is 0 Å². The van der Waals surface area contributed by atoms with Gasteiger partial charge in [0.2, 0.25) is 0 Å². The van der Waals surface area contributed by atoms with Gasteiger partial charge in [0, 0.05) is 16.5 Å². The second kappa shape index (κ2) is 5.21. The van der Waals surface area contributed by atoms with Gasteiger partial charge in [0.05, 0.1) is 0 Å². The Hall–Kier alpha value is -0.840. The van der Waals surface area contributed by atoms with Gasteiger partial charge in [0.15, 0.2) is 0 Å². The number of halogens is 3. The Morgan fingerprint density at radius 1 is 1.53 bits per heavy atom. The van der Waals surface area contributed by atoms with Crippen molar-refractivity contribution in [1.82, 2.24) is 0 Å². The van der Waals surface area contributed by atoms with Crippen molar-refractivity contribution in [2.75, 3.05) is 6.67 Å². The summed E-state index contributed by atoms with van der Waals surface area (Å²) in [4.78, 5) is 10.9. The van der Waals surface area contributed by atoms with Crippen LogP contribution >= 0.6 is 23.2 Å². The molecule has 0 aliphatic carbocycles. The molecule has 0 aromatic heterocycles.